The summed E-state index contributed by atoms with van der Waals surface area (Å²) in [6, 6.07) is 8.01. The maximum Gasteiger partial charge on any atom is 0.156 e. The molecule has 0 amide bonds. The number of carbonyl (C=O) groups excluding carboxylic acids is 2. The Kier molecular flexibility index (Phi) is 4.94. The fourth-order valence-corrected chi connectivity index (χ4v) is 8.00. The lowest BCUT2D eigenvalue weighted by molar-refractivity contribution is -0.114. The summed E-state index contributed by atoms with van der Waals surface area (Å²) in [4.78, 5) is 23.3. The molecular formula is C26H29BrO3. The molecule has 0 unspecified atom stereocenters. The molecule has 4 aliphatic rings. The molecule has 0 aliphatic heterocycles. The van der Waals surface area contributed by atoms with Crippen molar-refractivity contribution in [1.29, 1.82) is 0 Å². The topological polar surface area (TPSA) is 54.4 Å². The summed E-state index contributed by atoms with van der Waals surface area (Å²) in [5.74, 6) is 1.43. The largest absolute Gasteiger partial charge is 0.388 e. The van der Waals surface area contributed by atoms with Gasteiger partial charge in [0.25, 0.3) is 0 Å². The summed E-state index contributed by atoms with van der Waals surface area (Å²) in [5.41, 5.74) is 5.29. The molecule has 2 saturated carbocycles. The van der Waals surface area contributed by atoms with Crippen LogP contribution in [0.25, 0.3) is 0 Å². The monoisotopic (exact) mass is 468 g/mol. The van der Waals surface area contributed by atoms with Crippen molar-refractivity contribution in [2.75, 3.05) is 5.33 Å². The zero-order valence-electron chi connectivity index (χ0n) is 17.5. The van der Waals surface area contributed by atoms with E-state index in [0.717, 1.165) is 44.8 Å². The fraction of sp³-hybridized carbons (Fsp3) is 0.538. The Morgan fingerprint density at radius 1 is 1.17 bits per heavy atom. The molecule has 1 aromatic rings. The van der Waals surface area contributed by atoms with Gasteiger partial charge in [-0.3, -0.25) is 9.59 Å². The number of fused-ring (bicyclic) bond motifs is 4. The molecular weight excluding hydrogens is 440 g/mol. The predicted molar refractivity (Wildman–Crippen MR) is 121 cm³/mol. The van der Waals surface area contributed by atoms with Gasteiger partial charge in [-0.05, 0) is 73.1 Å². The zero-order valence-corrected chi connectivity index (χ0v) is 19.1. The van der Waals surface area contributed by atoms with Gasteiger partial charge in [-0.2, -0.15) is 0 Å². The first-order valence-electron chi connectivity index (χ1n) is 11.2. The van der Waals surface area contributed by atoms with E-state index < -0.39 is 5.60 Å². The van der Waals surface area contributed by atoms with Gasteiger partial charge in [0.1, 0.15) is 6.29 Å². The Labute approximate surface area is 186 Å². The Morgan fingerprint density at radius 3 is 2.63 bits per heavy atom. The van der Waals surface area contributed by atoms with Crippen molar-refractivity contribution < 1.29 is 14.7 Å². The third-order valence-corrected chi connectivity index (χ3v) is 9.68. The molecule has 3 nitrogen and oxygen atoms in total. The van der Waals surface area contributed by atoms with E-state index in [4.69, 9.17) is 0 Å². The Morgan fingerprint density at radius 2 is 1.93 bits per heavy atom. The van der Waals surface area contributed by atoms with Gasteiger partial charge < -0.3 is 5.11 Å². The van der Waals surface area contributed by atoms with Crippen molar-refractivity contribution in [3.8, 4) is 0 Å². The lowest BCUT2D eigenvalue weighted by Gasteiger charge is -2.54. The molecule has 0 saturated heterocycles. The highest BCUT2D eigenvalue weighted by Gasteiger charge is 2.62. The van der Waals surface area contributed by atoms with Gasteiger partial charge in [0.15, 0.2) is 5.78 Å². The van der Waals surface area contributed by atoms with Crippen molar-refractivity contribution >= 4 is 28.0 Å². The Bertz CT molecular complexity index is 959. The fourth-order valence-electron chi connectivity index (χ4n) is 7.08. The average molecular weight is 469 g/mol. The molecule has 4 aliphatic carbocycles. The number of rotatable bonds is 3. The third kappa shape index (κ3) is 2.86. The van der Waals surface area contributed by atoms with E-state index in [1.54, 1.807) is 0 Å². The maximum atomic E-state index is 12.1. The number of ketones is 1. The maximum absolute atomic E-state index is 12.1. The van der Waals surface area contributed by atoms with Gasteiger partial charge in [-0.25, -0.2) is 0 Å². The molecule has 0 bridgehead atoms. The third-order valence-electron chi connectivity index (χ3n) is 8.75. The van der Waals surface area contributed by atoms with Gasteiger partial charge in [0.05, 0.1) is 5.60 Å². The van der Waals surface area contributed by atoms with E-state index in [1.165, 1.54) is 22.3 Å². The van der Waals surface area contributed by atoms with Crippen LogP contribution in [-0.2, 0) is 4.79 Å². The molecule has 1 N–H and O–H groups in total. The van der Waals surface area contributed by atoms with Crippen LogP contribution in [0.5, 0.6) is 0 Å². The Hall–Kier alpha value is -1.52. The van der Waals surface area contributed by atoms with E-state index in [0.29, 0.717) is 29.2 Å². The lowest BCUT2D eigenvalue weighted by atomic mass is 9.51. The highest BCUT2D eigenvalue weighted by atomic mass is 79.9. The summed E-state index contributed by atoms with van der Waals surface area (Å²) in [6.07, 6.45) is 9.12. The van der Waals surface area contributed by atoms with Crippen molar-refractivity contribution in [2.45, 2.75) is 63.4 Å². The van der Waals surface area contributed by atoms with E-state index in [1.807, 2.05) is 18.2 Å². The van der Waals surface area contributed by atoms with Crippen LogP contribution in [-0.4, -0.2) is 28.1 Å². The number of halogens is 1. The van der Waals surface area contributed by atoms with Gasteiger partial charge in [0, 0.05) is 28.6 Å². The number of allylic oxidation sites excluding steroid dienone is 4. The van der Waals surface area contributed by atoms with E-state index in [2.05, 4.69) is 35.0 Å². The van der Waals surface area contributed by atoms with Crippen LogP contribution in [0.15, 0.2) is 47.1 Å². The average Bonchev–Trinajstić information content (AvgIpc) is 3.04. The highest BCUT2D eigenvalue weighted by molar-refractivity contribution is 9.09. The van der Waals surface area contributed by atoms with Crippen LogP contribution in [0.1, 0.15) is 73.7 Å². The second-order valence-electron chi connectivity index (χ2n) is 9.98. The summed E-state index contributed by atoms with van der Waals surface area (Å²) in [6.45, 7) is 2.30. The molecule has 0 aromatic heterocycles. The minimum atomic E-state index is -0.687. The number of carbonyl (C=O) groups is 2. The first kappa shape index (κ1) is 20.4. The van der Waals surface area contributed by atoms with Crippen molar-refractivity contribution in [3.63, 3.8) is 0 Å². The van der Waals surface area contributed by atoms with Crippen LogP contribution in [0.2, 0.25) is 0 Å². The second kappa shape index (κ2) is 7.27. The van der Waals surface area contributed by atoms with Crippen LogP contribution in [0.3, 0.4) is 0 Å². The van der Waals surface area contributed by atoms with Crippen molar-refractivity contribution in [1.82, 2.24) is 0 Å². The molecule has 4 heteroatoms. The zero-order chi connectivity index (χ0) is 21.1. The number of hydrogen-bond donors (Lipinski definition) is 1. The van der Waals surface area contributed by atoms with Crippen LogP contribution in [0, 0.1) is 17.3 Å². The molecule has 0 spiro atoms. The van der Waals surface area contributed by atoms with Crippen molar-refractivity contribution in [2.24, 2.45) is 17.3 Å². The second-order valence-corrected chi connectivity index (χ2v) is 10.5. The SMILES string of the molecule is C[C@]12C[C@H](c3ccc(C=O)cc3)C3=C4CCC(=O)C=C4CC[C@H]3[C@@H]1CC[C@@]2(O)CBr. The van der Waals surface area contributed by atoms with E-state index >= 15 is 0 Å². The molecule has 30 heavy (non-hydrogen) atoms. The number of aliphatic hydroxyl groups is 1. The van der Waals surface area contributed by atoms with Crippen LogP contribution < -0.4 is 0 Å². The first-order chi connectivity index (χ1) is 14.4. The molecule has 5 rings (SSSR count). The summed E-state index contributed by atoms with van der Waals surface area (Å²) < 4.78 is 0. The summed E-state index contributed by atoms with van der Waals surface area (Å²) in [5, 5.41) is 12.2. The van der Waals surface area contributed by atoms with Gasteiger partial charge in [0.2, 0.25) is 0 Å². The number of aldehydes is 1. The van der Waals surface area contributed by atoms with Gasteiger partial charge in [-0.1, -0.05) is 52.7 Å². The van der Waals surface area contributed by atoms with Gasteiger partial charge >= 0.3 is 0 Å². The van der Waals surface area contributed by atoms with E-state index in [9.17, 15) is 14.7 Å². The lowest BCUT2D eigenvalue weighted by Crippen LogP contribution is -2.52. The molecule has 158 valence electrons. The van der Waals surface area contributed by atoms with Crippen LogP contribution in [0.4, 0.5) is 0 Å². The Balaban J connectivity index is 1.68. The van der Waals surface area contributed by atoms with Gasteiger partial charge in [-0.15, -0.1) is 0 Å². The summed E-state index contributed by atoms with van der Waals surface area (Å²) in [7, 11) is 0. The van der Waals surface area contributed by atoms with Crippen LogP contribution >= 0.6 is 15.9 Å². The minimum absolute atomic E-state index is 0.148. The molecule has 0 heterocycles. The quantitative estimate of drug-likeness (QED) is 0.468. The normalized spacial score (nSPS) is 37.9. The molecule has 2 fully saturated rings. The smallest absolute Gasteiger partial charge is 0.156 e. The summed E-state index contributed by atoms with van der Waals surface area (Å²) >= 11 is 3.63. The number of alkyl halides is 1. The van der Waals surface area contributed by atoms with E-state index in [-0.39, 0.29) is 17.1 Å². The first-order valence-corrected chi connectivity index (χ1v) is 12.3. The highest BCUT2D eigenvalue weighted by Crippen LogP contribution is 2.66. The molecule has 5 atom stereocenters. The van der Waals surface area contributed by atoms with Crippen molar-refractivity contribution in [3.05, 3.63) is 58.2 Å². The number of benzene rings is 1. The number of hydrogen-bond acceptors (Lipinski definition) is 3. The predicted octanol–water partition coefficient (Wildman–Crippen LogP) is 5.52. The standard InChI is InChI=1S/C26H29BrO3/c1-25-13-22(17-4-2-16(14-28)3-5-17)24-20-9-7-19(29)12-18(20)6-8-21(24)23(25)10-11-26(25,30)15-27/h2-5,12,14,21-23,30H,6-11,13,15H2,1H3/t21-,22+,23-,25-,26+/m0/s1. The molecule has 0 radical (unpaired) electrons. The minimum Gasteiger partial charge on any atom is -0.388 e. The molecule has 1 aromatic carbocycles.